The van der Waals surface area contributed by atoms with Crippen molar-refractivity contribution in [2.75, 3.05) is 6.61 Å². The predicted octanol–water partition coefficient (Wildman–Crippen LogP) is 4.17. The van der Waals surface area contributed by atoms with E-state index in [9.17, 15) is 4.79 Å². The van der Waals surface area contributed by atoms with Crippen LogP contribution in [-0.4, -0.2) is 12.5 Å². The highest BCUT2D eigenvalue weighted by Gasteiger charge is 2.23. The van der Waals surface area contributed by atoms with Crippen LogP contribution in [0.15, 0.2) is 48.5 Å². The lowest BCUT2D eigenvalue weighted by Gasteiger charge is -2.19. The van der Waals surface area contributed by atoms with Crippen molar-refractivity contribution in [2.24, 2.45) is 0 Å². The molecule has 0 fully saturated rings. The normalized spacial score (nSPS) is 16.5. The van der Waals surface area contributed by atoms with Gasteiger partial charge in [-0.3, -0.25) is 4.79 Å². The van der Waals surface area contributed by atoms with E-state index in [-0.39, 0.29) is 24.0 Å². The third-order valence-corrected chi connectivity index (χ3v) is 4.56. The Kier molecular flexibility index (Phi) is 4.61. The Morgan fingerprint density at radius 1 is 1.12 bits per heavy atom. The fourth-order valence-electron chi connectivity index (χ4n) is 3.14. The number of carbonyl (C=O) groups is 1. The van der Waals surface area contributed by atoms with Crippen LogP contribution in [0, 0.1) is 0 Å². The van der Waals surface area contributed by atoms with Crippen LogP contribution >= 0.6 is 0 Å². The number of hydrogen-bond donors (Lipinski definition) is 1. The fraction of sp³-hybridized carbons (Fsp3) is 0.381. The van der Waals surface area contributed by atoms with Gasteiger partial charge in [-0.1, -0.05) is 57.2 Å². The standard InChI is InChI=1S/C21H25NO2/c1-21(2,3)16-9-11-17(12-10-16)24-14-20(23)22-19-13-8-15-6-4-5-7-18(15)19/h4-7,9-12,19H,8,13-14H2,1-3H3,(H,22,23)/t19-/m0/s1. The van der Waals surface area contributed by atoms with Gasteiger partial charge in [0.2, 0.25) is 0 Å². The first kappa shape index (κ1) is 16.6. The van der Waals surface area contributed by atoms with Crippen LogP contribution in [0.4, 0.5) is 0 Å². The Morgan fingerprint density at radius 3 is 2.54 bits per heavy atom. The smallest absolute Gasteiger partial charge is 0.258 e. The molecule has 24 heavy (non-hydrogen) atoms. The van der Waals surface area contributed by atoms with E-state index in [4.69, 9.17) is 4.74 Å². The monoisotopic (exact) mass is 323 g/mol. The van der Waals surface area contributed by atoms with Crippen LogP contribution in [0.25, 0.3) is 0 Å². The summed E-state index contributed by atoms with van der Waals surface area (Å²) in [7, 11) is 0. The summed E-state index contributed by atoms with van der Waals surface area (Å²) in [6, 6.07) is 16.4. The van der Waals surface area contributed by atoms with Crippen molar-refractivity contribution in [2.45, 2.75) is 45.1 Å². The predicted molar refractivity (Wildman–Crippen MR) is 96.3 cm³/mol. The highest BCUT2D eigenvalue weighted by Crippen LogP contribution is 2.30. The van der Waals surface area contributed by atoms with E-state index in [0.29, 0.717) is 0 Å². The number of fused-ring (bicyclic) bond motifs is 1. The molecule has 1 amide bonds. The largest absolute Gasteiger partial charge is 0.484 e. The highest BCUT2D eigenvalue weighted by molar-refractivity contribution is 5.78. The van der Waals surface area contributed by atoms with Gasteiger partial charge in [-0.25, -0.2) is 0 Å². The molecule has 3 heteroatoms. The molecule has 1 N–H and O–H groups in total. The van der Waals surface area contributed by atoms with E-state index in [0.717, 1.165) is 18.6 Å². The number of amides is 1. The summed E-state index contributed by atoms with van der Waals surface area (Å²) in [5.74, 6) is 0.654. The summed E-state index contributed by atoms with van der Waals surface area (Å²) < 4.78 is 5.62. The highest BCUT2D eigenvalue weighted by atomic mass is 16.5. The van der Waals surface area contributed by atoms with Crippen molar-refractivity contribution in [1.29, 1.82) is 0 Å². The van der Waals surface area contributed by atoms with E-state index in [1.807, 2.05) is 24.3 Å². The number of nitrogens with one attached hydrogen (secondary N) is 1. The molecule has 0 saturated carbocycles. The van der Waals surface area contributed by atoms with Gasteiger partial charge in [0.25, 0.3) is 5.91 Å². The Bertz CT molecular complexity index is 713. The molecule has 0 aromatic heterocycles. The molecule has 1 aliphatic rings. The molecular weight excluding hydrogens is 298 g/mol. The Balaban J connectivity index is 1.53. The van der Waals surface area contributed by atoms with Gasteiger partial charge in [0.15, 0.2) is 6.61 Å². The Labute approximate surface area is 144 Å². The molecule has 0 aliphatic heterocycles. The van der Waals surface area contributed by atoms with Gasteiger partial charge in [0.1, 0.15) is 5.75 Å². The maximum absolute atomic E-state index is 12.2. The summed E-state index contributed by atoms with van der Waals surface area (Å²) in [5, 5.41) is 3.08. The van der Waals surface area contributed by atoms with Gasteiger partial charge in [-0.15, -0.1) is 0 Å². The second-order valence-electron chi connectivity index (χ2n) is 7.42. The van der Waals surface area contributed by atoms with Crippen LogP contribution in [0.2, 0.25) is 0 Å². The molecule has 1 aliphatic carbocycles. The van der Waals surface area contributed by atoms with Crippen molar-refractivity contribution >= 4 is 5.91 Å². The molecule has 3 nitrogen and oxygen atoms in total. The molecule has 126 valence electrons. The molecule has 0 heterocycles. The van der Waals surface area contributed by atoms with Crippen LogP contribution < -0.4 is 10.1 Å². The van der Waals surface area contributed by atoms with Crippen LogP contribution in [-0.2, 0) is 16.6 Å². The first-order valence-electron chi connectivity index (χ1n) is 8.54. The summed E-state index contributed by atoms with van der Waals surface area (Å²) in [6.07, 6.45) is 1.99. The van der Waals surface area contributed by atoms with Gasteiger partial charge < -0.3 is 10.1 Å². The molecule has 0 unspecified atom stereocenters. The van der Waals surface area contributed by atoms with Crippen LogP contribution in [0.1, 0.15) is 49.9 Å². The third kappa shape index (κ3) is 3.78. The minimum atomic E-state index is -0.0726. The van der Waals surface area contributed by atoms with Gasteiger partial charge in [-0.2, -0.15) is 0 Å². The Morgan fingerprint density at radius 2 is 1.83 bits per heavy atom. The van der Waals surface area contributed by atoms with Crippen molar-refractivity contribution < 1.29 is 9.53 Å². The average Bonchev–Trinajstić information content (AvgIpc) is 2.96. The van der Waals surface area contributed by atoms with Gasteiger partial charge in [-0.05, 0) is 47.1 Å². The maximum atomic E-state index is 12.2. The summed E-state index contributed by atoms with van der Waals surface area (Å²) in [4.78, 5) is 12.2. The zero-order chi connectivity index (χ0) is 17.2. The second kappa shape index (κ2) is 6.68. The molecule has 0 saturated heterocycles. The molecule has 0 bridgehead atoms. The molecular formula is C21H25NO2. The van der Waals surface area contributed by atoms with Crippen LogP contribution in [0.5, 0.6) is 5.75 Å². The zero-order valence-electron chi connectivity index (χ0n) is 14.6. The lowest BCUT2D eigenvalue weighted by atomic mass is 9.87. The third-order valence-electron chi connectivity index (χ3n) is 4.56. The van der Waals surface area contributed by atoms with Crippen molar-refractivity contribution in [3.05, 3.63) is 65.2 Å². The van der Waals surface area contributed by atoms with Gasteiger partial charge in [0, 0.05) is 0 Å². The number of ether oxygens (including phenoxy) is 1. The van der Waals surface area contributed by atoms with Gasteiger partial charge >= 0.3 is 0 Å². The molecule has 0 spiro atoms. The number of carbonyl (C=O) groups excluding carboxylic acids is 1. The van der Waals surface area contributed by atoms with E-state index in [2.05, 4.69) is 50.4 Å². The minimum Gasteiger partial charge on any atom is -0.484 e. The van der Waals surface area contributed by atoms with E-state index in [1.165, 1.54) is 16.7 Å². The molecule has 0 radical (unpaired) electrons. The molecule has 3 rings (SSSR count). The Hall–Kier alpha value is -2.29. The number of aryl methyl sites for hydroxylation is 1. The van der Waals surface area contributed by atoms with E-state index in [1.54, 1.807) is 0 Å². The SMILES string of the molecule is CC(C)(C)c1ccc(OCC(=O)N[C@H]2CCc3ccccc32)cc1. The van der Waals surface area contributed by atoms with Crippen molar-refractivity contribution in [3.63, 3.8) is 0 Å². The lowest BCUT2D eigenvalue weighted by molar-refractivity contribution is -0.123. The van der Waals surface area contributed by atoms with Gasteiger partial charge in [0.05, 0.1) is 6.04 Å². The van der Waals surface area contributed by atoms with Crippen molar-refractivity contribution in [3.8, 4) is 5.75 Å². The topological polar surface area (TPSA) is 38.3 Å². The summed E-state index contributed by atoms with van der Waals surface area (Å²) >= 11 is 0. The molecule has 2 aromatic carbocycles. The first-order valence-corrected chi connectivity index (χ1v) is 8.54. The van der Waals surface area contributed by atoms with E-state index >= 15 is 0 Å². The minimum absolute atomic E-state index is 0.0491. The average molecular weight is 323 g/mol. The summed E-state index contributed by atoms with van der Waals surface area (Å²) in [6.45, 7) is 6.58. The number of rotatable bonds is 4. The fourth-order valence-corrected chi connectivity index (χ4v) is 3.14. The number of benzene rings is 2. The van der Waals surface area contributed by atoms with Crippen molar-refractivity contribution in [1.82, 2.24) is 5.32 Å². The maximum Gasteiger partial charge on any atom is 0.258 e. The molecule has 2 aromatic rings. The molecule has 1 atom stereocenters. The quantitative estimate of drug-likeness (QED) is 0.917. The lowest BCUT2D eigenvalue weighted by Crippen LogP contribution is -2.31. The zero-order valence-corrected chi connectivity index (χ0v) is 14.6. The first-order chi connectivity index (χ1) is 11.4. The van der Waals surface area contributed by atoms with Crippen LogP contribution in [0.3, 0.4) is 0 Å². The second-order valence-corrected chi connectivity index (χ2v) is 7.42. The van der Waals surface area contributed by atoms with E-state index < -0.39 is 0 Å². The summed E-state index contributed by atoms with van der Waals surface area (Å²) in [5.41, 5.74) is 3.94. The number of hydrogen-bond acceptors (Lipinski definition) is 2.